The summed E-state index contributed by atoms with van der Waals surface area (Å²) < 4.78 is 5.06. The maximum absolute atomic E-state index is 12.2. The lowest BCUT2D eigenvalue weighted by molar-refractivity contribution is -0.133. The van der Waals surface area contributed by atoms with E-state index in [0.29, 0.717) is 11.6 Å². The van der Waals surface area contributed by atoms with Gasteiger partial charge in [-0.25, -0.2) is 4.79 Å². The lowest BCUT2D eigenvalue weighted by Crippen LogP contribution is -2.31. The van der Waals surface area contributed by atoms with Crippen molar-refractivity contribution in [1.29, 1.82) is 0 Å². The fourth-order valence-electron chi connectivity index (χ4n) is 2.28. The smallest absolute Gasteiger partial charge is 0.340 e. The molecule has 0 fully saturated rings. The molecule has 2 N–H and O–H groups in total. The van der Waals surface area contributed by atoms with Crippen molar-refractivity contribution in [3.8, 4) is 0 Å². The van der Waals surface area contributed by atoms with E-state index in [2.05, 4.69) is 0 Å². The first-order chi connectivity index (χ1) is 12.3. The molecular weight excluding hydrogens is 354 g/mol. The number of benzene rings is 2. The van der Waals surface area contributed by atoms with Crippen LogP contribution in [0.5, 0.6) is 0 Å². The van der Waals surface area contributed by atoms with Gasteiger partial charge < -0.3 is 20.3 Å². The summed E-state index contributed by atoms with van der Waals surface area (Å²) in [6.45, 7) is 0.0560. The molecule has 0 radical (unpaired) electrons. The van der Waals surface area contributed by atoms with Crippen LogP contribution in [0.3, 0.4) is 0 Å². The van der Waals surface area contributed by atoms with Gasteiger partial charge in [0.25, 0.3) is 5.91 Å². The second-order valence-electron chi connectivity index (χ2n) is 6.12. The van der Waals surface area contributed by atoms with Gasteiger partial charge in [-0.15, -0.1) is 0 Å². The minimum absolute atomic E-state index is 0.146. The fraction of sp³-hybridized carbons (Fsp3) is 0.263. The summed E-state index contributed by atoms with van der Waals surface area (Å²) in [7, 11) is 5.58. The van der Waals surface area contributed by atoms with Crippen LogP contribution < -0.4 is 10.6 Å². The first-order valence-corrected chi connectivity index (χ1v) is 8.38. The molecule has 1 amide bonds. The Morgan fingerprint density at radius 2 is 1.73 bits per heavy atom. The van der Waals surface area contributed by atoms with E-state index < -0.39 is 5.97 Å². The highest BCUT2D eigenvalue weighted by atomic mass is 35.5. The van der Waals surface area contributed by atoms with Gasteiger partial charge in [0.05, 0.1) is 5.56 Å². The maximum Gasteiger partial charge on any atom is 0.340 e. The van der Waals surface area contributed by atoms with Crippen molar-refractivity contribution >= 4 is 34.9 Å². The third kappa shape index (κ3) is 5.13. The molecule has 0 saturated heterocycles. The first-order valence-electron chi connectivity index (χ1n) is 8.00. The second-order valence-corrected chi connectivity index (χ2v) is 6.55. The van der Waals surface area contributed by atoms with Crippen LogP contribution in [0.25, 0.3) is 0 Å². The standard InChI is InChI=1S/C19H22ClN3O3/c1-22(2)15-7-4-13(5-8-15)11-23(3)18(24)12-26-19(25)16-10-14(20)6-9-17(16)21/h4-10H,11-12,21H2,1-3H3. The molecular formula is C19H22ClN3O3. The summed E-state index contributed by atoms with van der Waals surface area (Å²) in [5, 5.41) is 0.371. The van der Waals surface area contributed by atoms with E-state index in [1.54, 1.807) is 13.1 Å². The van der Waals surface area contributed by atoms with E-state index in [1.165, 1.54) is 17.0 Å². The number of nitrogens with two attached hydrogens (primary N) is 1. The molecule has 26 heavy (non-hydrogen) atoms. The van der Waals surface area contributed by atoms with E-state index >= 15 is 0 Å². The highest BCUT2D eigenvalue weighted by Gasteiger charge is 2.16. The van der Waals surface area contributed by atoms with Crippen molar-refractivity contribution in [3.63, 3.8) is 0 Å². The molecule has 0 aliphatic rings. The Kier molecular flexibility index (Phi) is 6.46. The molecule has 0 aromatic heterocycles. The monoisotopic (exact) mass is 375 g/mol. The fourth-order valence-corrected chi connectivity index (χ4v) is 2.45. The minimum Gasteiger partial charge on any atom is -0.452 e. The molecule has 2 aromatic rings. The maximum atomic E-state index is 12.2. The van der Waals surface area contributed by atoms with Crippen molar-refractivity contribution in [3.05, 3.63) is 58.6 Å². The molecule has 0 bridgehead atoms. The topological polar surface area (TPSA) is 75.9 Å². The van der Waals surface area contributed by atoms with Gasteiger partial charge in [0.15, 0.2) is 6.61 Å². The predicted molar refractivity (Wildman–Crippen MR) is 103 cm³/mol. The molecule has 0 aliphatic heterocycles. The van der Waals surface area contributed by atoms with E-state index in [4.69, 9.17) is 22.1 Å². The van der Waals surface area contributed by atoms with Gasteiger partial charge in [-0.05, 0) is 35.9 Å². The summed E-state index contributed by atoms with van der Waals surface area (Å²) in [4.78, 5) is 27.8. The number of hydrogen-bond acceptors (Lipinski definition) is 5. The van der Waals surface area contributed by atoms with Crippen LogP contribution in [-0.2, 0) is 16.1 Å². The summed E-state index contributed by atoms with van der Waals surface area (Å²) in [5.41, 5.74) is 8.19. The molecule has 0 spiro atoms. The number of esters is 1. The van der Waals surface area contributed by atoms with E-state index in [0.717, 1.165) is 11.3 Å². The highest BCUT2D eigenvalue weighted by Crippen LogP contribution is 2.19. The quantitative estimate of drug-likeness (QED) is 0.620. The second kappa shape index (κ2) is 8.58. The van der Waals surface area contributed by atoms with Gasteiger partial charge in [0.2, 0.25) is 0 Å². The number of hydrogen-bond donors (Lipinski definition) is 1. The van der Waals surface area contributed by atoms with Gasteiger partial charge in [0.1, 0.15) is 0 Å². The molecule has 6 nitrogen and oxygen atoms in total. The lowest BCUT2D eigenvalue weighted by atomic mass is 10.2. The van der Waals surface area contributed by atoms with Gasteiger partial charge in [-0.2, -0.15) is 0 Å². The normalized spacial score (nSPS) is 10.3. The number of halogens is 1. The van der Waals surface area contributed by atoms with E-state index in [9.17, 15) is 9.59 Å². The van der Waals surface area contributed by atoms with Gasteiger partial charge in [0, 0.05) is 44.1 Å². The van der Waals surface area contributed by atoms with Crippen molar-refractivity contribution in [1.82, 2.24) is 4.90 Å². The Bertz CT molecular complexity index is 791. The molecule has 7 heteroatoms. The van der Waals surface area contributed by atoms with Crippen molar-refractivity contribution in [2.24, 2.45) is 0 Å². The van der Waals surface area contributed by atoms with Crippen LogP contribution in [0.15, 0.2) is 42.5 Å². The zero-order valence-electron chi connectivity index (χ0n) is 15.0. The summed E-state index contributed by atoms with van der Waals surface area (Å²) in [6, 6.07) is 12.4. The van der Waals surface area contributed by atoms with Crippen LogP contribution in [0.1, 0.15) is 15.9 Å². The van der Waals surface area contributed by atoms with Crippen molar-refractivity contribution < 1.29 is 14.3 Å². The molecule has 2 rings (SSSR count). The third-order valence-electron chi connectivity index (χ3n) is 3.86. The number of carbonyl (C=O) groups is 2. The molecule has 0 aliphatic carbocycles. The van der Waals surface area contributed by atoms with Crippen LogP contribution in [0.4, 0.5) is 11.4 Å². The number of carbonyl (C=O) groups excluding carboxylic acids is 2. The Morgan fingerprint density at radius 1 is 1.08 bits per heavy atom. The zero-order valence-corrected chi connectivity index (χ0v) is 15.8. The summed E-state index contributed by atoms with van der Waals surface area (Å²) >= 11 is 5.85. The third-order valence-corrected chi connectivity index (χ3v) is 4.10. The molecule has 0 atom stereocenters. The Balaban J connectivity index is 1.90. The van der Waals surface area contributed by atoms with E-state index in [-0.39, 0.29) is 23.8 Å². The van der Waals surface area contributed by atoms with Gasteiger partial charge >= 0.3 is 5.97 Å². The number of ether oxygens (including phenoxy) is 1. The average molecular weight is 376 g/mol. The highest BCUT2D eigenvalue weighted by molar-refractivity contribution is 6.31. The molecule has 0 heterocycles. The van der Waals surface area contributed by atoms with Crippen LogP contribution in [-0.4, -0.2) is 44.5 Å². The zero-order chi connectivity index (χ0) is 19.3. The Hall–Kier alpha value is -2.73. The van der Waals surface area contributed by atoms with Crippen LogP contribution in [0.2, 0.25) is 5.02 Å². The first kappa shape index (κ1) is 19.6. The number of likely N-dealkylation sites (N-methyl/N-ethyl adjacent to an activating group) is 1. The predicted octanol–water partition coefficient (Wildman–Crippen LogP) is 2.80. The summed E-state index contributed by atoms with van der Waals surface area (Å²) in [5.74, 6) is -0.988. The largest absolute Gasteiger partial charge is 0.452 e. The van der Waals surface area contributed by atoms with Gasteiger partial charge in [-0.3, -0.25) is 4.79 Å². The number of nitrogen functional groups attached to an aromatic ring is 1. The molecule has 2 aromatic carbocycles. The average Bonchev–Trinajstić information content (AvgIpc) is 2.61. The number of anilines is 2. The Morgan fingerprint density at radius 3 is 2.35 bits per heavy atom. The lowest BCUT2D eigenvalue weighted by Gasteiger charge is -2.18. The Labute approximate surface area is 158 Å². The number of amides is 1. The molecule has 0 saturated carbocycles. The van der Waals surface area contributed by atoms with E-state index in [1.807, 2.05) is 43.3 Å². The number of nitrogens with zero attached hydrogens (tertiary/aromatic N) is 2. The van der Waals surface area contributed by atoms with Crippen molar-refractivity contribution in [2.75, 3.05) is 38.4 Å². The SMILES string of the molecule is CN(Cc1ccc(N(C)C)cc1)C(=O)COC(=O)c1cc(Cl)ccc1N. The van der Waals surface area contributed by atoms with Crippen LogP contribution in [0, 0.1) is 0 Å². The minimum atomic E-state index is -0.679. The summed E-state index contributed by atoms with van der Waals surface area (Å²) in [6.07, 6.45) is 0. The van der Waals surface area contributed by atoms with Crippen molar-refractivity contribution in [2.45, 2.75) is 6.54 Å². The van der Waals surface area contributed by atoms with Gasteiger partial charge in [-0.1, -0.05) is 23.7 Å². The molecule has 0 unspecified atom stereocenters. The van der Waals surface area contributed by atoms with Crippen LogP contribution >= 0.6 is 11.6 Å². The molecule has 138 valence electrons. The number of rotatable bonds is 6.